The number of methoxy groups -OCH3 is 1. The molecule has 0 aromatic heterocycles. The van der Waals surface area contributed by atoms with Gasteiger partial charge in [-0.1, -0.05) is 81.5 Å². The zero-order valence-corrected chi connectivity index (χ0v) is 31.5. The van der Waals surface area contributed by atoms with Crippen LogP contribution in [-0.4, -0.2) is 84.7 Å². The van der Waals surface area contributed by atoms with Crippen molar-refractivity contribution in [2.75, 3.05) is 33.5 Å². The van der Waals surface area contributed by atoms with E-state index in [1.54, 1.807) is 32.1 Å². The highest BCUT2D eigenvalue weighted by atomic mass is 16.6. The summed E-state index contributed by atoms with van der Waals surface area (Å²) in [6.45, 7) is 13.9. The van der Waals surface area contributed by atoms with E-state index < -0.39 is 42.7 Å². The quantitative estimate of drug-likeness (QED) is 0.0342. The molecule has 0 spiro atoms. The lowest BCUT2D eigenvalue weighted by atomic mass is 9.84. The average Bonchev–Trinajstić information content (AvgIpc) is 3.11. The Morgan fingerprint density at radius 3 is 2.24 bits per heavy atom. The monoisotopic (exact) mass is 700 g/mol. The molecule has 9 nitrogen and oxygen atoms in total. The second-order valence-corrected chi connectivity index (χ2v) is 14.1. The molecule has 50 heavy (non-hydrogen) atoms. The van der Waals surface area contributed by atoms with Gasteiger partial charge in [0.2, 0.25) is 0 Å². The van der Waals surface area contributed by atoms with Gasteiger partial charge in [-0.25, -0.2) is 0 Å². The molecular formula is C41H64O9. The fourth-order valence-electron chi connectivity index (χ4n) is 5.81. The van der Waals surface area contributed by atoms with E-state index in [1.807, 2.05) is 57.2 Å². The van der Waals surface area contributed by atoms with Crippen molar-refractivity contribution in [3.8, 4) is 0 Å². The summed E-state index contributed by atoms with van der Waals surface area (Å²) in [5.74, 6) is -0.946. The van der Waals surface area contributed by atoms with E-state index in [1.165, 1.54) is 14.0 Å². The van der Waals surface area contributed by atoms with Crippen molar-refractivity contribution in [1.29, 1.82) is 0 Å². The molecule has 0 amide bonds. The van der Waals surface area contributed by atoms with Gasteiger partial charge in [-0.2, -0.15) is 0 Å². The summed E-state index contributed by atoms with van der Waals surface area (Å²) in [6.07, 6.45) is 21.1. The van der Waals surface area contributed by atoms with E-state index in [4.69, 9.17) is 14.2 Å². The first-order chi connectivity index (χ1) is 23.7. The number of hydrogen-bond donors (Lipinski definition) is 3. The molecule has 1 aliphatic carbocycles. The van der Waals surface area contributed by atoms with Gasteiger partial charge >= 0.3 is 5.97 Å². The predicted octanol–water partition coefficient (Wildman–Crippen LogP) is 6.44. The minimum Gasteiger partial charge on any atom is -0.463 e. The van der Waals surface area contributed by atoms with Gasteiger partial charge in [0.25, 0.3) is 0 Å². The summed E-state index contributed by atoms with van der Waals surface area (Å²) >= 11 is 0. The van der Waals surface area contributed by atoms with E-state index in [-0.39, 0.29) is 42.7 Å². The summed E-state index contributed by atoms with van der Waals surface area (Å²) in [7, 11) is 1.42. The number of carbonyl (C=O) groups is 3. The smallest absolute Gasteiger partial charge is 0.316 e. The van der Waals surface area contributed by atoms with Gasteiger partial charge in [0.05, 0.1) is 25.9 Å². The number of aliphatic hydroxyl groups is 3. The van der Waals surface area contributed by atoms with Crippen molar-refractivity contribution in [1.82, 2.24) is 0 Å². The highest BCUT2D eigenvalue weighted by Crippen LogP contribution is 2.30. The van der Waals surface area contributed by atoms with E-state index in [0.29, 0.717) is 17.9 Å². The molecule has 1 rings (SSSR count). The van der Waals surface area contributed by atoms with Gasteiger partial charge in [0.1, 0.15) is 24.2 Å². The van der Waals surface area contributed by atoms with E-state index in [9.17, 15) is 29.7 Å². The normalized spacial score (nSPS) is 20.9. The third kappa shape index (κ3) is 16.4. The molecule has 1 aliphatic rings. The number of carbonyl (C=O) groups excluding carboxylic acids is 3. The van der Waals surface area contributed by atoms with Crippen molar-refractivity contribution in [2.45, 2.75) is 105 Å². The molecule has 0 unspecified atom stereocenters. The number of aliphatic hydroxyl groups excluding tert-OH is 3. The maximum absolute atomic E-state index is 13.2. The molecule has 0 aromatic carbocycles. The predicted molar refractivity (Wildman–Crippen MR) is 198 cm³/mol. The van der Waals surface area contributed by atoms with Crippen LogP contribution in [0.15, 0.2) is 72.4 Å². The minimum absolute atomic E-state index is 0.0638. The largest absolute Gasteiger partial charge is 0.463 e. The van der Waals surface area contributed by atoms with Gasteiger partial charge < -0.3 is 29.5 Å². The van der Waals surface area contributed by atoms with E-state index >= 15 is 0 Å². The van der Waals surface area contributed by atoms with Crippen LogP contribution >= 0.6 is 0 Å². The van der Waals surface area contributed by atoms with Crippen LogP contribution in [0.3, 0.4) is 0 Å². The molecule has 0 saturated heterocycles. The number of esters is 1. The molecule has 5 atom stereocenters. The Labute approximate surface area is 300 Å². The Kier molecular flexibility index (Phi) is 21.9. The topological polar surface area (TPSA) is 140 Å². The van der Waals surface area contributed by atoms with Crippen LogP contribution in [0.5, 0.6) is 0 Å². The Morgan fingerprint density at radius 2 is 1.64 bits per heavy atom. The molecule has 0 aromatic rings. The number of rotatable bonds is 24. The Hall–Kier alpha value is -2.95. The third-order valence-corrected chi connectivity index (χ3v) is 9.48. The standard InChI is InChI=1S/C41H64O9/c1-9-29(2)15-11-10-12-16-30(3)25-32(5)37(45)39(48-8)38(46)33(6)26-31(4)36(44)18-14-13-17-34-19-21-35(22-20-34)49-23-24-50-40(47)41(7,27-42)28-43/h9-12,14-16,18,26,30-32,34-35,38-39,42-43,46H,1,13,17,19-25,27-28H2,2-8H3/b11-10+,16-12+,18-14+,29-15+,33-26+/t30-,31-,32-,34?,35?,38-,39+/m1/s1. The second kappa shape index (κ2) is 24.3. The molecular weight excluding hydrogens is 636 g/mol. The van der Waals surface area contributed by atoms with Crippen molar-refractivity contribution in [3.05, 3.63) is 72.4 Å². The average molecular weight is 701 g/mol. The Morgan fingerprint density at radius 1 is 0.980 bits per heavy atom. The van der Waals surface area contributed by atoms with Crippen molar-refractivity contribution in [2.24, 2.45) is 29.1 Å². The summed E-state index contributed by atoms with van der Waals surface area (Å²) < 4.78 is 16.5. The molecule has 0 heterocycles. The lowest BCUT2D eigenvalue weighted by Gasteiger charge is -2.28. The van der Waals surface area contributed by atoms with E-state index in [0.717, 1.165) is 44.1 Å². The number of ether oxygens (including phenoxy) is 3. The first-order valence-electron chi connectivity index (χ1n) is 18.0. The summed E-state index contributed by atoms with van der Waals surface area (Å²) in [6, 6.07) is 0. The molecule has 3 N–H and O–H groups in total. The Bertz CT molecular complexity index is 1200. The van der Waals surface area contributed by atoms with Crippen LogP contribution in [0.4, 0.5) is 0 Å². The molecule has 0 radical (unpaired) electrons. The number of ketones is 2. The van der Waals surface area contributed by atoms with Crippen LogP contribution in [0.25, 0.3) is 0 Å². The number of hydrogen-bond acceptors (Lipinski definition) is 9. The van der Waals surface area contributed by atoms with Gasteiger partial charge in [-0.05, 0) is 89.2 Å². The highest BCUT2D eigenvalue weighted by Gasteiger charge is 2.34. The van der Waals surface area contributed by atoms with Crippen LogP contribution in [0, 0.1) is 29.1 Å². The lowest BCUT2D eigenvalue weighted by molar-refractivity contribution is -0.162. The second-order valence-electron chi connectivity index (χ2n) is 14.1. The van der Waals surface area contributed by atoms with Crippen molar-refractivity contribution >= 4 is 17.5 Å². The maximum atomic E-state index is 13.2. The lowest BCUT2D eigenvalue weighted by Crippen LogP contribution is -2.40. The van der Waals surface area contributed by atoms with Gasteiger partial charge in [0, 0.05) is 18.9 Å². The molecule has 1 fully saturated rings. The highest BCUT2D eigenvalue weighted by molar-refractivity contribution is 5.92. The summed E-state index contributed by atoms with van der Waals surface area (Å²) in [5.41, 5.74) is 0.296. The minimum atomic E-state index is -1.31. The van der Waals surface area contributed by atoms with Gasteiger partial charge in [0.15, 0.2) is 11.6 Å². The number of Topliss-reactive ketones (excluding diaryl/α,β-unsaturated/α-hetero) is 1. The summed E-state index contributed by atoms with van der Waals surface area (Å²) in [4.78, 5) is 38.1. The zero-order valence-electron chi connectivity index (χ0n) is 31.5. The van der Waals surface area contributed by atoms with Crippen LogP contribution in [0.1, 0.15) is 86.5 Å². The third-order valence-electron chi connectivity index (χ3n) is 9.48. The van der Waals surface area contributed by atoms with Crippen molar-refractivity contribution < 1.29 is 43.9 Å². The Balaban J connectivity index is 2.48. The first-order valence-corrected chi connectivity index (χ1v) is 18.0. The SMILES string of the molecule is C=C/C(C)=C/C=C/C=C/[C@@H](C)C[C@@H](C)C(=O)[C@H](OC)[C@H](O)/C(C)=C/[C@@H](C)C(=O)/C=C/CCC1CCC(OCCOC(=O)C(C)(CO)CO)CC1. The summed E-state index contributed by atoms with van der Waals surface area (Å²) in [5, 5.41) is 29.6. The molecule has 282 valence electrons. The van der Waals surface area contributed by atoms with Crippen LogP contribution in [0.2, 0.25) is 0 Å². The fourth-order valence-corrected chi connectivity index (χ4v) is 5.81. The van der Waals surface area contributed by atoms with Gasteiger partial charge in [-0.15, -0.1) is 0 Å². The first kappa shape index (κ1) is 45.1. The van der Waals surface area contributed by atoms with Gasteiger partial charge in [-0.3, -0.25) is 14.4 Å². The molecule has 9 heteroatoms. The van der Waals surface area contributed by atoms with Crippen LogP contribution in [-0.2, 0) is 28.6 Å². The molecule has 0 bridgehead atoms. The van der Waals surface area contributed by atoms with Crippen LogP contribution < -0.4 is 0 Å². The maximum Gasteiger partial charge on any atom is 0.316 e. The molecule has 1 saturated carbocycles. The fraction of sp³-hybridized carbons (Fsp3) is 0.634. The molecule has 0 aliphatic heterocycles. The number of allylic oxidation sites excluding steroid dienone is 10. The van der Waals surface area contributed by atoms with E-state index in [2.05, 4.69) is 6.58 Å². The van der Waals surface area contributed by atoms with Crippen molar-refractivity contribution in [3.63, 3.8) is 0 Å². The zero-order chi connectivity index (χ0) is 37.7.